The van der Waals surface area contributed by atoms with Gasteiger partial charge in [-0.25, -0.2) is 19.9 Å². The number of rotatable bonds is 9. The molecule has 0 spiro atoms. The molecule has 6 nitrogen and oxygen atoms in total. The van der Waals surface area contributed by atoms with Crippen LogP contribution in [0.3, 0.4) is 0 Å². The first kappa shape index (κ1) is 41.1. The Kier molecular flexibility index (Phi) is 10.9. The number of hydrogen-bond acceptors (Lipinski definition) is 6. The van der Waals surface area contributed by atoms with Crippen LogP contribution in [0.2, 0.25) is 0 Å². The second-order valence-electron chi connectivity index (χ2n) is 16.4. The second-order valence-corrected chi connectivity index (χ2v) is 16.4. The lowest BCUT2D eigenvalue weighted by atomic mass is 9.87. The molecule has 0 saturated carbocycles. The number of hydrogen-bond donors (Lipinski definition) is 0. The lowest BCUT2D eigenvalue weighted by Crippen LogP contribution is -1.98. The Bertz CT molecular complexity index is 3790. The number of nitriles is 2. The maximum absolute atomic E-state index is 9.94. The standard InChI is InChI=1S/C62H38N6/c63-39-46-20-4-6-26-48(46)42-22-16-24-44(36-42)58-38-59(67-61(66-58)41-18-2-1-3-19-41)54-32-12-10-30-52(54)50-28-8-9-29-51(50)53-31-11-13-33-55(53)60-56-34-14-15-35-57(56)65-62(68-60)45-25-17-23-43(37-45)49-27-7-5-21-47(49)40-64/h1-38H. The number of benzene rings is 9. The monoisotopic (exact) mass is 866 g/mol. The van der Waals surface area contributed by atoms with E-state index in [-0.39, 0.29) is 0 Å². The lowest BCUT2D eigenvalue weighted by Gasteiger charge is -2.18. The molecular formula is C62H38N6. The van der Waals surface area contributed by atoms with Crippen LogP contribution < -0.4 is 0 Å². The summed E-state index contributed by atoms with van der Waals surface area (Å²) in [7, 11) is 0. The fraction of sp³-hybridized carbons (Fsp3) is 0. The molecule has 0 atom stereocenters. The molecule has 0 aliphatic heterocycles. The van der Waals surface area contributed by atoms with Gasteiger partial charge in [-0.05, 0) is 80.9 Å². The molecule has 11 aromatic rings. The van der Waals surface area contributed by atoms with Gasteiger partial charge in [0, 0.05) is 33.2 Å². The first-order valence-corrected chi connectivity index (χ1v) is 22.3. The Labute approximate surface area is 394 Å². The van der Waals surface area contributed by atoms with Gasteiger partial charge in [0.05, 0.1) is 45.9 Å². The smallest absolute Gasteiger partial charge is 0.160 e. The van der Waals surface area contributed by atoms with E-state index in [1.807, 2.05) is 127 Å². The van der Waals surface area contributed by atoms with Gasteiger partial charge in [0.2, 0.25) is 0 Å². The Morgan fingerprint density at radius 3 is 1.34 bits per heavy atom. The van der Waals surface area contributed by atoms with E-state index >= 15 is 0 Å². The number of fused-ring (bicyclic) bond motifs is 1. The highest BCUT2D eigenvalue weighted by molar-refractivity contribution is 6.01. The van der Waals surface area contributed by atoms with Crippen LogP contribution >= 0.6 is 0 Å². The third-order valence-electron chi connectivity index (χ3n) is 12.3. The van der Waals surface area contributed by atoms with Crippen molar-refractivity contribution in [3.8, 4) is 113 Å². The molecule has 0 radical (unpaired) electrons. The maximum atomic E-state index is 9.94. The van der Waals surface area contributed by atoms with Gasteiger partial charge in [0.25, 0.3) is 0 Å². The van der Waals surface area contributed by atoms with Crippen molar-refractivity contribution in [2.75, 3.05) is 0 Å². The minimum Gasteiger partial charge on any atom is -0.228 e. The Morgan fingerprint density at radius 2 is 0.706 bits per heavy atom. The van der Waals surface area contributed by atoms with Crippen LogP contribution in [0, 0.1) is 22.7 Å². The van der Waals surface area contributed by atoms with Gasteiger partial charge < -0.3 is 0 Å². The predicted octanol–water partition coefficient (Wildman–Crippen LogP) is 15.2. The summed E-state index contributed by atoms with van der Waals surface area (Å²) in [5, 5.41) is 20.8. The van der Waals surface area contributed by atoms with Crippen molar-refractivity contribution in [3.05, 3.63) is 242 Å². The topological polar surface area (TPSA) is 99.1 Å². The molecule has 0 aliphatic carbocycles. The predicted molar refractivity (Wildman–Crippen MR) is 273 cm³/mol. The summed E-state index contributed by atoms with van der Waals surface area (Å²) in [6.45, 7) is 0. The van der Waals surface area contributed by atoms with Crippen LogP contribution in [0.1, 0.15) is 11.1 Å². The molecule has 0 bridgehead atoms. The molecule has 2 heterocycles. The van der Waals surface area contributed by atoms with Gasteiger partial charge >= 0.3 is 0 Å². The third kappa shape index (κ3) is 7.85. The minimum absolute atomic E-state index is 0.594. The summed E-state index contributed by atoms with van der Waals surface area (Å²) in [6.07, 6.45) is 0. The molecule has 0 aliphatic rings. The van der Waals surface area contributed by atoms with E-state index in [1.165, 1.54) is 0 Å². The van der Waals surface area contributed by atoms with Crippen LogP contribution in [0.15, 0.2) is 231 Å². The van der Waals surface area contributed by atoms with Gasteiger partial charge in [-0.3, -0.25) is 0 Å². The highest BCUT2D eigenvalue weighted by Crippen LogP contribution is 2.43. The molecule has 0 unspecified atom stereocenters. The second kappa shape index (κ2) is 18.1. The molecule has 0 fully saturated rings. The Hall–Kier alpha value is -9.62. The first-order valence-electron chi connectivity index (χ1n) is 22.3. The first-order chi connectivity index (χ1) is 33.6. The highest BCUT2D eigenvalue weighted by atomic mass is 14.9. The maximum Gasteiger partial charge on any atom is 0.160 e. The fourth-order valence-electron chi connectivity index (χ4n) is 9.02. The number of nitrogens with zero attached hydrogens (tertiary/aromatic N) is 6. The van der Waals surface area contributed by atoms with Crippen LogP contribution in [0.25, 0.3) is 112 Å². The molecule has 0 saturated heterocycles. The molecule has 6 heteroatoms. The zero-order valence-corrected chi connectivity index (χ0v) is 36.6. The molecule has 0 N–H and O–H groups in total. The summed E-state index contributed by atoms with van der Waals surface area (Å²) in [6, 6.07) is 82.0. The van der Waals surface area contributed by atoms with Crippen molar-refractivity contribution >= 4 is 10.9 Å². The van der Waals surface area contributed by atoms with Gasteiger partial charge in [-0.2, -0.15) is 10.5 Å². The summed E-state index contributed by atoms with van der Waals surface area (Å²) in [5.74, 6) is 1.21. The largest absolute Gasteiger partial charge is 0.228 e. The summed E-state index contributed by atoms with van der Waals surface area (Å²) in [4.78, 5) is 20.9. The molecule has 2 aromatic heterocycles. The van der Waals surface area contributed by atoms with Crippen LogP contribution in [0.4, 0.5) is 0 Å². The third-order valence-corrected chi connectivity index (χ3v) is 12.3. The van der Waals surface area contributed by atoms with Gasteiger partial charge in [0.1, 0.15) is 0 Å². The van der Waals surface area contributed by atoms with Gasteiger partial charge in [0.15, 0.2) is 11.6 Å². The molecule has 68 heavy (non-hydrogen) atoms. The summed E-state index contributed by atoms with van der Waals surface area (Å²) >= 11 is 0. The van der Waals surface area contributed by atoms with E-state index in [4.69, 9.17) is 19.9 Å². The molecule has 316 valence electrons. The van der Waals surface area contributed by atoms with Crippen molar-refractivity contribution in [1.82, 2.24) is 19.9 Å². The molecule has 9 aromatic carbocycles. The molecular weight excluding hydrogens is 829 g/mol. The lowest BCUT2D eigenvalue weighted by molar-refractivity contribution is 1.18. The van der Waals surface area contributed by atoms with Crippen molar-refractivity contribution < 1.29 is 0 Å². The zero-order valence-electron chi connectivity index (χ0n) is 36.6. The van der Waals surface area contributed by atoms with Crippen molar-refractivity contribution in [3.63, 3.8) is 0 Å². The van der Waals surface area contributed by atoms with Crippen LogP contribution in [0.5, 0.6) is 0 Å². The van der Waals surface area contributed by atoms with Crippen molar-refractivity contribution in [1.29, 1.82) is 10.5 Å². The van der Waals surface area contributed by atoms with Gasteiger partial charge in [-0.15, -0.1) is 0 Å². The van der Waals surface area contributed by atoms with E-state index in [1.54, 1.807) is 0 Å². The Morgan fingerprint density at radius 1 is 0.279 bits per heavy atom. The zero-order chi connectivity index (χ0) is 45.8. The van der Waals surface area contributed by atoms with Crippen LogP contribution in [-0.2, 0) is 0 Å². The average molecular weight is 867 g/mol. The Balaban J connectivity index is 1.06. The average Bonchev–Trinajstić information content (AvgIpc) is 3.43. The van der Waals surface area contributed by atoms with E-state index in [0.29, 0.717) is 22.8 Å². The normalized spacial score (nSPS) is 10.9. The summed E-state index contributed by atoms with van der Waals surface area (Å²) < 4.78 is 0. The highest BCUT2D eigenvalue weighted by Gasteiger charge is 2.21. The fourth-order valence-corrected chi connectivity index (χ4v) is 9.02. The van der Waals surface area contributed by atoms with E-state index in [0.717, 1.165) is 100 Å². The molecule has 11 rings (SSSR count). The summed E-state index contributed by atoms with van der Waals surface area (Å²) in [5.41, 5.74) is 16.7. The van der Waals surface area contributed by atoms with Crippen molar-refractivity contribution in [2.45, 2.75) is 0 Å². The van der Waals surface area contributed by atoms with E-state index < -0.39 is 0 Å². The quantitative estimate of drug-likeness (QED) is 0.143. The number of para-hydroxylation sites is 1. The van der Waals surface area contributed by atoms with E-state index in [2.05, 4.69) is 115 Å². The minimum atomic E-state index is 0.594. The SMILES string of the molecule is N#Cc1ccccc1-c1cccc(-c2cc(-c3ccccc3-c3ccccc3-c3ccccc3-c3nc(-c4cccc(-c5ccccc5C#N)c4)nc4ccccc34)nc(-c3ccccc3)n2)c1. The number of aromatic nitrogens is 4. The van der Waals surface area contributed by atoms with E-state index in [9.17, 15) is 10.5 Å². The van der Waals surface area contributed by atoms with Crippen LogP contribution in [-0.4, -0.2) is 19.9 Å². The van der Waals surface area contributed by atoms with Crippen molar-refractivity contribution in [2.24, 2.45) is 0 Å². The molecule has 0 amide bonds. The van der Waals surface area contributed by atoms with Gasteiger partial charge in [-0.1, -0.05) is 194 Å².